The molecule has 0 aromatic carbocycles. The smallest absolute Gasteiger partial charge is 0.244 e. The topological polar surface area (TPSA) is 136 Å². The number of anilines is 1. The van der Waals surface area contributed by atoms with Crippen molar-refractivity contribution in [2.24, 2.45) is 0 Å². The van der Waals surface area contributed by atoms with Crippen molar-refractivity contribution in [2.75, 3.05) is 5.73 Å². The van der Waals surface area contributed by atoms with Crippen molar-refractivity contribution in [3.05, 3.63) is 23.2 Å². The molecule has 3 aromatic rings. The molecule has 0 aliphatic heterocycles. The summed E-state index contributed by atoms with van der Waals surface area (Å²) in [7, 11) is 0. The second kappa shape index (κ2) is 4.17. The van der Waals surface area contributed by atoms with Crippen molar-refractivity contribution in [2.45, 2.75) is 0 Å². The quantitative estimate of drug-likeness (QED) is 0.665. The number of nitrogens with zero attached hydrogens (tertiary/aromatic N) is 5. The highest BCUT2D eigenvalue weighted by Crippen LogP contribution is 2.29. The number of carbonyl (C=O) groups is 1. The van der Waals surface area contributed by atoms with Gasteiger partial charge in [-0.05, 0) is 21.8 Å². The standard InChI is InChI=1S/C9H6N6O3S/c10-7-8(13-18-12-7)15-6(4-2-1-3-19-4)5(9(16)17)11-14-15/h1-3H,(H2,10,12)(H,16,17)/p-1. The van der Waals surface area contributed by atoms with E-state index in [1.165, 1.54) is 11.3 Å². The number of carboxylic acid groups (broad SMARTS) is 1. The minimum absolute atomic E-state index is 0.0207. The second-order valence-corrected chi connectivity index (χ2v) is 4.38. The van der Waals surface area contributed by atoms with Crippen molar-refractivity contribution in [3.63, 3.8) is 0 Å². The van der Waals surface area contributed by atoms with Crippen LogP contribution in [0, 0.1) is 0 Å². The molecule has 0 amide bonds. The van der Waals surface area contributed by atoms with Gasteiger partial charge in [-0.3, -0.25) is 0 Å². The van der Waals surface area contributed by atoms with Gasteiger partial charge >= 0.3 is 0 Å². The van der Waals surface area contributed by atoms with E-state index in [4.69, 9.17) is 5.73 Å². The Balaban J connectivity index is 2.27. The fraction of sp³-hybridized carbons (Fsp3) is 0. The molecule has 3 rings (SSSR count). The van der Waals surface area contributed by atoms with Crippen LogP contribution in [-0.4, -0.2) is 31.3 Å². The van der Waals surface area contributed by atoms with Crippen molar-refractivity contribution in [3.8, 4) is 16.4 Å². The average molecular weight is 277 g/mol. The summed E-state index contributed by atoms with van der Waals surface area (Å²) >= 11 is 1.32. The van der Waals surface area contributed by atoms with Crippen LogP contribution in [0.3, 0.4) is 0 Å². The lowest BCUT2D eigenvalue weighted by atomic mass is 10.2. The molecule has 3 heterocycles. The summed E-state index contributed by atoms with van der Waals surface area (Å²) in [6.07, 6.45) is 0. The molecule has 0 unspecified atom stereocenters. The second-order valence-electron chi connectivity index (χ2n) is 3.44. The Morgan fingerprint density at radius 3 is 2.89 bits per heavy atom. The average Bonchev–Trinajstić information content (AvgIpc) is 3.06. The predicted octanol–water partition coefficient (Wildman–Crippen LogP) is -0.675. The van der Waals surface area contributed by atoms with Crippen LogP contribution in [0.1, 0.15) is 10.5 Å². The SMILES string of the molecule is Nc1nonc1-n1nnc(C(=O)[O-])c1-c1cccs1. The van der Waals surface area contributed by atoms with Crippen LogP contribution in [0.4, 0.5) is 5.82 Å². The number of rotatable bonds is 3. The van der Waals surface area contributed by atoms with Crippen LogP contribution in [0.5, 0.6) is 0 Å². The maximum Gasteiger partial charge on any atom is 0.244 e. The number of nitrogens with two attached hydrogens (primary N) is 1. The van der Waals surface area contributed by atoms with Crippen molar-refractivity contribution >= 4 is 23.1 Å². The van der Waals surface area contributed by atoms with E-state index in [1.54, 1.807) is 17.5 Å². The Labute approximate surface area is 109 Å². The lowest BCUT2D eigenvalue weighted by Crippen LogP contribution is -2.23. The normalized spacial score (nSPS) is 10.7. The zero-order valence-electron chi connectivity index (χ0n) is 9.18. The summed E-state index contributed by atoms with van der Waals surface area (Å²) in [6.45, 7) is 0. The number of carbonyl (C=O) groups excluding carboxylic acids is 1. The zero-order valence-corrected chi connectivity index (χ0v) is 9.99. The lowest BCUT2D eigenvalue weighted by Gasteiger charge is -2.03. The van der Waals surface area contributed by atoms with Gasteiger partial charge in [-0.2, -0.15) is 4.68 Å². The number of thiophene rings is 1. The number of aromatic carboxylic acids is 1. The van der Waals surface area contributed by atoms with Gasteiger partial charge in [-0.1, -0.05) is 11.3 Å². The van der Waals surface area contributed by atoms with E-state index >= 15 is 0 Å². The molecule has 19 heavy (non-hydrogen) atoms. The van der Waals surface area contributed by atoms with Gasteiger partial charge in [0.15, 0.2) is 0 Å². The lowest BCUT2D eigenvalue weighted by molar-refractivity contribution is -0.255. The van der Waals surface area contributed by atoms with E-state index in [0.717, 1.165) is 4.68 Å². The van der Waals surface area contributed by atoms with Crippen LogP contribution in [0.2, 0.25) is 0 Å². The minimum Gasteiger partial charge on any atom is -0.543 e. The first-order valence-corrected chi connectivity index (χ1v) is 5.85. The molecule has 96 valence electrons. The van der Waals surface area contributed by atoms with Crippen molar-refractivity contribution in [1.82, 2.24) is 25.3 Å². The van der Waals surface area contributed by atoms with E-state index in [-0.39, 0.29) is 23.0 Å². The summed E-state index contributed by atoms with van der Waals surface area (Å²) in [4.78, 5) is 11.7. The van der Waals surface area contributed by atoms with Crippen molar-refractivity contribution in [1.29, 1.82) is 0 Å². The van der Waals surface area contributed by atoms with Crippen LogP contribution >= 0.6 is 11.3 Å². The Bertz CT molecular complexity index is 731. The van der Waals surface area contributed by atoms with Gasteiger partial charge in [-0.15, -0.1) is 16.4 Å². The van der Waals surface area contributed by atoms with Gasteiger partial charge in [0.2, 0.25) is 11.6 Å². The van der Waals surface area contributed by atoms with E-state index in [0.29, 0.717) is 4.88 Å². The predicted molar refractivity (Wildman–Crippen MR) is 61.3 cm³/mol. The number of carboxylic acids is 1. The molecule has 3 aromatic heterocycles. The van der Waals surface area contributed by atoms with Crippen molar-refractivity contribution < 1.29 is 14.5 Å². The van der Waals surface area contributed by atoms with Crippen LogP contribution in [0.15, 0.2) is 22.1 Å². The first-order chi connectivity index (χ1) is 9.18. The number of nitrogen functional groups attached to an aromatic ring is 1. The molecule has 0 atom stereocenters. The third kappa shape index (κ3) is 1.74. The van der Waals surface area contributed by atoms with Gasteiger partial charge in [0, 0.05) is 0 Å². The summed E-state index contributed by atoms with van der Waals surface area (Å²) in [5, 5.41) is 27.1. The maximum atomic E-state index is 11.1. The highest BCUT2D eigenvalue weighted by atomic mass is 32.1. The molecular weight excluding hydrogens is 272 g/mol. The summed E-state index contributed by atoms with van der Waals surface area (Å²) in [6, 6.07) is 3.48. The van der Waals surface area contributed by atoms with E-state index in [2.05, 4.69) is 25.3 Å². The van der Waals surface area contributed by atoms with Gasteiger partial charge < -0.3 is 15.6 Å². The molecule has 9 nitrogen and oxygen atoms in total. The zero-order chi connectivity index (χ0) is 13.4. The molecule has 0 aliphatic rings. The van der Waals surface area contributed by atoms with Gasteiger partial charge in [0.1, 0.15) is 11.4 Å². The fourth-order valence-electron chi connectivity index (χ4n) is 1.54. The Morgan fingerprint density at radius 2 is 2.32 bits per heavy atom. The fourth-order valence-corrected chi connectivity index (χ4v) is 2.30. The highest BCUT2D eigenvalue weighted by Gasteiger charge is 2.21. The highest BCUT2D eigenvalue weighted by molar-refractivity contribution is 7.13. The molecule has 0 radical (unpaired) electrons. The molecule has 0 aliphatic carbocycles. The molecule has 10 heteroatoms. The summed E-state index contributed by atoms with van der Waals surface area (Å²) in [5.74, 6) is -1.39. The third-order valence-corrected chi connectivity index (χ3v) is 3.19. The number of aromatic nitrogens is 5. The van der Waals surface area contributed by atoms with E-state index in [9.17, 15) is 9.90 Å². The van der Waals surface area contributed by atoms with Crippen LogP contribution < -0.4 is 10.8 Å². The van der Waals surface area contributed by atoms with E-state index < -0.39 is 5.97 Å². The molecule has 0 fully saturated rings. The Hall–Kier alpha value is -2.75. The summed E-state index contributed by atoms with van der Waals surface area (Å²) < 4.78 is 5.62. The third-order valence-electron chi connectivity index (χ3n) is 2.31. The monoisotopic (exact) mass is 277 g/mol. The van der Waals surface area contributed by atoms with Gasteiger partial charge in [0.25, 0.3) is 0 Å². The van der Waals surface area contributed by atoms with Crippen LogP contribution in [-0.2, 0) is 0 Å². The minimum atomic E-state index is -1.44. The molecule has 2 N–H and O–H groups in total. The van der Waals surface area contributed by atoms with E-state index in [1.807, 2.05) is 0 Å². The number of hydrogen-bond donors (Lipinski definition) is 1. The maximum absolute atomic E-state index is 11.1. The Morgan fingerprint density at radius 1 is 1.47 bits per heavy atom. The molecule has 0 spiro atoms. The van der Waals surface area contributed by atoms with Crippen LogP contribution in [0.25, 0.3) is 16.4 Å². The molecular formula is C9H5N6O3S-. The summed E-state index contributed by atoms with van der Waals surface area (Å²) in [5.41, 5.74) is 5.48. The largest absolute Gasteiger partial charge is 0.543 e. The molecule has 0 saturated carbocycles. The first kappa shape index (κ1) is 11.3. The number of hydrogen-bond acceptors (Lipinski definition) is 9. The van der Waals surface area contributed by atoms with Gasteiger partial charge in [0.05, 0.1) is 10.8 Å². The first-order valence-electron chi connectivity index (χ1n) is 4.98. The molecule has 0 bridgehead atoms. The van der Waals surface area contributed by atoms with Gasteiger partial charge in [-0.25, -0.2) is 4.63 Å². The Kier molecular flexibility index (Phi) is 2.49. The molecule has 0 saturated heterocycles.